The van der Waals surface area contributed by atoms with Crippen LogP contribution in [0.15, 0.2) is 24.3 Å². The van der Waals surface area contributed by atoms with Crippen molar-refractivity contribution in [2.75, 3.05) is 11.9 Å². The Balaban J connectivity index is 1.82. The lowest BCUT2D eigenvalue weighted by molar-refractivity contribution is -0.157. The van der Waals surface area contributed by atoms with Gasteiger partial charge < -0.3 is 4.74 Å². The zero-order valence-electron chi connectivity index (χ0n) is 11.0. The van der Waals surface area contributed by atoms with E-state index in [0.29, 0.717) is 5.41 Å². The topological polar surface area (TPSA) is 9.23 Å². The van der Waals surface area contributed by atoms with E-state index in [1.165, 1.54) is 36.8 Å². The molecule has 1 aromatic carbocycles. The summed E-state index contributed by atoms with van der Waals surface area (Å²) in [6.45, 7) is 3.07. The van der Waals surface area contributed by atoms with Crippen LogP contribution in [-0.2, 0) is 10.2 Å². The van der Waals surface area contributed by atoms with Crippen molar-refractivity contribution in [2.24, 2.45) is 0 Å². The van der Waals surface area contributed by atoms with Crippen molar-refractivity contribution in [1.29, 1.82) is 0 Å². The van der Waals surface area contributed by atoms with Gasteiger partial charge in [0.1, 0.15) is 0 Å². The van der Waals surface area contributed by atoms with Crippen molar-refractivity contribution in [3.05, 3.63) is 35.4 Å². The first-order valence-electron chi connectivity index (χ1n) is 6.95. The van der Waals surface area contributed by atoms with Gasteiger partial charge in [-0.3, -0.25) is 0 Å². The molecule has 2 bridgehead atoms. The van der Waals surface area contributed by atoms with E-state index in [1.54, 1.807) is 0 Å². The van der Waals surface area contributed by atoms with Gasteiger partial charge in [0.2, 0.25) is 0 Å². The fourth-order valence-corrected chi connectivity index (χ4v) is 4.26. The quantitative estimate of drug-likeness (QED) is 0.754. The smallest absolute Gasteiger partial charge is 0.0691 e. The molecule has 1 saturated carbocycles. The molecule has 1 aromatic rings. The fraction of sp³-hybridized carbons (Fsp3) is 0.625. The molecule has 2 aliphatic heterocycles. The predicted molar refractivity (Wildman–Crippen MR) is 78.4 cm³/mol. The first kappa shape index (κ1) is 12.7. The third-order valence-corrected chi connectivity index (χ3v) is 5.38. The van der Waals surface area contributed by atoms with E-state index in [9.17, 15) is 0 Å². The highest BCUT2D eigenvalue weighted by Crippen LogP contribution is 2.51. The molecule has 0 amide bonds. The maximum absolute atomic E-state index is 6.26. The van der Waals surface area contributed by atoms with Crippen molar-refractivity contribution in [3.63, 3.8) is 0 Å². The molecule has 3 aliphatic rings. The minimum atomic E-state index is 0.190. The largest absolute Gasteiger partial charge is 0.374 e. The molecule has 98 valence electrons. The van der Waals surface area contributed by atoms with E-state index >= 15 is 0 Å². The Morgan fingerprint density at radius 3 is 2.28 bits per heavy atom. The lowest BCUT2D eigenvalue weighted by atomic mass is 9.62. The highest BCUT2D eigenvalue weighted by molar-refractivity contribution is 9.09. The number of benzene rings is 1. The number of rotatable bonds is 3. The summed E-state index contributed by atoms with van der Waals surface area (Å²) in [5, 5.41) is 1.06. The van der Waals surface area contributed by atoms with Crippen LogP contribution in [-0.4, -0.2) is 17.5 Å². The second-order valence-electron chi connectivity index (χ2n) is 6.06. The second kappa shape index (κ2) is 4.64. The summed E-state index contributed by atoms with van der Waals surface area (Å²) in [4.78, 5) is 0. The average Bonchev–Trinajstić information content (AvgIpc) is 2.42. The molecule has 1 aliphatic carbocycles. The van der Waals surface area contributed by atoms with E-state index in [-0.39, 0.29) is 5.60 Å². The summed E-state index contributed by atoms with van der Waals surface area (Å²) in [6.07, 6.45) is 6.21. The number of ether oxygens (including phenoxy) is 1. The summed E-state index contributed by atoms with van der Waals surface area (Å²) in [5.41, 5.74) is 3.33. The molecule has 4 rings (SSSR count). The van der Waals surface area contributed by atoms with Gasteiger partial charge in [-0.15, -0.1) is 0 Å². The van der Waals surface area contributed by atoms with Crippen LogP contribution in [0.1, 0.15) is 43.2 Å². The molecule has 0 N–H and O–H groups in total. The molecule has 18 heavy (non-hydrogen) atoms. The van der Waals surface area contributed by atoms with Crippen LogP contribution in [0.3, 0.4) is 0 Å². The normalized spacial score (nSPS) is 34.8. The minimum Gasteiger partial charge on any atom is -0.374 e. The van der Waals surface area contributed by atoms with E-state index in [4.69, 9.17) is 4.74 Å². The van der Waals surface area contributed by atoms with E-state index in [1.807, 2.05) is 0 Å². The van der Waals surface area contributed by atoms with Gasteiger partial charge in [-0.1, -0.05) is 45.8 Å². The Morgan fingerprint density at radius 1 is 1.11 bits per heavy atom. The molecule has 0 radical (unpaired) electrons. The number of alkyl halides is 1. The predicted octanol–water partition coefficient (Wildman–Crippen LogP) is 4.36. The molecule has 0 atom stereocenters. The first-order chi connectivity index (χ1) is 8.68. The monoisotopic (exact) mass is 308 g/mol. The van der Waals surface area contributed by atoms with Crippen molar-refractivity contribution >= 4 is 15.9 Å². The summed E-state index contributed by atoms with van der Waals surface area (Å²) in [5.74, 6) is 0. The third kappa shape index (κ3) is 2.04. The Kier molecular flexibility index (Phi) is 3.27. The van der Waals surface area contributed by atoms with Crippen molar-refractivity contribution in [1.82, 2.24) is 0 Å². The Bertz CT molecular complexity index is 399. The zero-order valence-corrected chi connectivity index (χ0v) is 12.6. The molecule has 2 heterocycles. The van der Waals surface area contributed by atoms with Crippen LogP contribution in [0.25, 0.3) is 0 Å². The molecular formula is C16H21BrO. The zero-order chi connectivity index (χ0) is 12.6. The van der Waals surface area contributed by atoms with Crippen LogP contribution in [0.2, 0.25) is 0 Å². The number of fused-ring (bicyclic) bond motifs is 3. The Morgan fingerprint density at radius 2 is 1.78 bits per heavy atom. The number of hydrogen-bond donors (Lipinski definition) is 0. The minimum absolute atomic E-state index is 0.190. The molecule has 0 spiro atoms. The van der Waals surface area contributed by atoms with Crippen LogP contribution >= 0.6 is 15.9 Å². The van der Waals surface area contributed by atoms with Gasteiger partial charge in [0, 0.05) is 10.7 Å². The molecule has 2 heteroatoms. The van der Waals surface area contributed by atoms with Gasteiger partial charge in [-0.25, -0.2) is 0 Å². The van der Waals surface area contributed by atoms with Gasteiger partial charge in [-0.2, -0.15) is 0 Å². The van der Waals surface area contributed by atoms with Crippen molar-refractivity contribution < 1.29 is 4.74 Å². The molecule has 3 fully saturated rings. The molecule has 0 unspecified atom stereocenters. The number of halogens is 1. The fourth-order valence-electron chi connectivity index (χ4n) is 3.54. The highest BCUT2D eigenvalue weighted by Gasteiger charge is 2.49. The lowest BCUT2D eigenvalue weighted by Crippen LogP contribution is -2.53. The molecular weight excluding hydrogens is 288 g/mol. The summed E-state index contributed by atoms with van der Waals surface area (Å²) >= 11 is 3.56. The van der Waals surface area contributed by atoms with Gasteiger partial charge in [0.25, 0.3) is 0 Å². The van der Waals surface area contributed by atoms with Gasteiger partial charge in [0.05, 0.1) is 12.2 Å². The molecule has 0 aromatic heterocycles. The Labute approximate surface area is 118 Å². The molecule has 1 nitrogen and oxygen atoms in total. The maximum atomic E-state index is 6.26. The van der Waals surface area contributed by atoms with Crippen LogP contribution in [0.4, 0.5) is 0 Å². The molecule has 2 saturated heterocycles. The number of hydrogen-bond acceptors (Lipinski definition) is 1. The third-order valence-electron chi connectivity index (χ3n) is 4.99. The standard InChI is InChI=1S/C16H21BrO/c1-13-2-4-14(5-3-13)15-6-8-16(9-7-15,10-11-17)18-12-15/h2-5H,6-12H2,1H3. The number of aryl methyl sites for hydroxylation is 1. The van der Waals surface area contributed by atoms with Gasteiger partial charge in [-0.05, 0) is 44.6 Å². The van der Waals surface area contributed by atoms with E-state index < -0.39 is 0 Å². The lowest BCUT2D eigenvalue weighted by Gasteiger charge is -2.53. The average molecular weight is 309 g/mol. The van der Waals surface area contributed by atoms with E-state index in [2.05, 4.69) is 47.1 Å². The van der Waals surface area contributed by atoms with Gasteiger partial charge in [0.15, 0.2) is 0 Å². The second-order valence-corrected chi connectivity index (χ2v) is 6.85. The van der Waals surface area contributed by atoms with Crippen molar-refractivity contribution in [2.45, 2.75) is 50.0 Å². The Hall–Kier alpha value is -0.340. The summed E-state index contributed by atoms with van der Waals surface area (Å²) in [6, 6.07) is 9.08. The van der Waals surface area contributed by atoms with E-state index in [0.717, 1.165) is 18.4 Å². The van der Waals surface area contributed by atoms with Crippen LogP contribution < -0.4 is 0 Å². The first-order valence-corrected chi connectivity index (χ1v) is 8.07. The summed E-state index contributed by atoms with van der Waals surface area (Å²) in [7, 11) is 0. The maximum Gasteiger partial charge on any atom is 0.0691 e. The van der Waals surface area contributed by atoms with Gasteiger partial charge >= 0.3 is 0 Å². The van der Waals surface area contributed by atoms with Crippen molar-refractivity contribution in [3.8, 4) is 0 Å². The highest BCUT2D eigenvalue weighted by atomic mass is 79.9. The van der Waals surface area contributed by atoms with Crippen LogP contribution in [0.5, 0.6) is 0 Å². The summed E-state index contributed by atoms with van der Waals surface area (Å²) < 4.78 is 6.26. The van der Waals surface area contributed by atoms with Crippen LogP contribution in [0, 0.1) is 6.92 Å². The SMILES string of the molecule is Cc1ccc(C23CCC(CCBr)(CC2)OC3)cc1.